The average molecular weight is 319 g/mol. The number of thiophene rings is 1. The molecule has 0 saturated heterocycles. The van der Waals surface area contributed by atoms with E-state index in [9.17, 15) is 14.4 Å². The molecule has 0 bridgehead atoms. The van der Waals surface area contributed by atoms with Crippen LogP contribution in [0.1, 0.15) is 38.2 Å². The molecule has 1 unspecified atom stereocenters. The van der Waals surface area contributed by atoms with E-state index in [0.29, 0.717) is 0 Å². The Morgan fingerprint density at radius 1 is 1.32 bits per heavy atom. The maximum atomic E-state index is 12.1. The summed E-state index contributed by atoms with van der Waals surface area (Å²) >= 11 is 1.36. The van der Waals surface area contributed by atoms with Crippen LogP contribution in [0, 0.1) is 0 Å². The third-order valence-electron chi connectivity index (χ3n) is 2.85. The fourth-order valence-corrected chi connectivity index (χ4v) is 2.57. The highest BCUT2D eigenvalue weighted by Gasteiger charge is 2.20. The van der Waals surface area contributed by atoms with Crippen LogP contribution in [0.25, 0.3) is 0 Å². The minimum Gasteiger partial charge on any atom is -0.481 e. The Labute approximate surface area is 129 Å². The van der Waals surface area contributed by atoms with Gasteiger partial charge in [-0.2, -0.15) is 0 Å². The van der Waals surface area contributed by atoms with Gasteiger partial charge < -0.3 is 16.2 Å². The number of aromatic nitrogens is 1. The summed E-state index contributed by atoms with van der Waals surface area (Å²) in [6.07, 6.45) is 0.972. The standard InChI is InChI=1S/C14H13N3O4S/c15-13(20)8-3-4-9(16-7-8)14(21)17-10(6-12(18)19)11-2-1-5-22-11/h1-5,7,10H,6H2,(H2,15,20)(H,17,21)(H,18,19). The number of nitrogens with one attached hydrogen (secondary N) is 1. The molecule has 0 fully saturated rings. The molecule has 22 heavy (non-hydrogen) atoms. The van der Waals surface area contributed by atoms with Crippen LogP contribution in [0.5, 0.6) is 0 Å². The largest absolute Gasteiger partial charge is 0.481 e. The van der Waals surface area contributed by atoms with Gasteiger partial charge in [-0.1, -0.05) is 6.07 Å². The van der Waals surface area contributed by atoms with Crippen molar-refractivity contribution in [3.63, 3.8) is 0 Å². The predicted molar refractivity (Wildman–Crippen MR) is 79.5 cm³/mol. The van der Waals surface area contributed by atoms with Crippen molar-refractivity contribution in [1.82, 2.24) is 10.3 Å². The molecular formula is C14H13N3O4S. The molecule has 2 aromatic rings. The van der Waals surface area contributed by atoms with Crippen LogP contribution >= 0.6 is 11.3 Å². The quantitative estimate of drug-likeness (QED) is 0.738. The Bertz CT molecular complexity index is 683. The Kier molecular flexibility index (Phi) is 4.84. The lowest BCUT2D eigenvalue weighted by Gasteiger charge is -2.15. The van der Waals surface area contributed by atoms with E-state index < -0.39 is 23.8 Å². The first-order valence-corrected chi connectivity index (χ1v) is 7.17. The van der Waals surface area contributed by atoms with Crippen molar-refractivity contribution in [2.24, 2.45) is 5.73 Å². The second-order valence-corrected chi connectivity index (χ2v) is 5.41. The molecule has 2 heterocycles. The molecule has 2 amide bonds. The third-order valence-corrected chi connectivity index (χ3v) is 3.84. The first kappa shape index (κ1) is 15.6. The number of amides is 2. The summed E-state index contributed by atoms with van der Waals surface area (Å²) < 4.78 is 0. The van der Waals surface area contributed by atoms with Gasteiger partial charge >= 0.3 is 5.97 Å². The van der Waals surface area contributed by atoms with Gasteiger partial charge in [0.25, 0.3) is 5.91 Å². The number of aliphatic carboxylic acids is 1. The lowest BCUT2D eigenvalue weighted by atomic mass is 10.1. The third kappa shape index (κ3) is 3.89. The van der Waals surface area contributed by atoms with E-state index in [-0.39, 0.29) is 17.7 Å². The maximum absolute atomic E-state index is 12.1. The van der Waals surface area contributed by atoms with Crippen LogP contribution in [0.3, 0.4) is 0 Å². The summed E-state index contributed by atoms with van der Waals surface area (Å²) in [5.41, 5.74) is 5.37. The smallest absolute Gasteiger partial charge is 0.305 e. The van der Waals surface area contributed by atoms with E-state index in [0.717, 1.165) is 4.88 Å². The fraction of sp³-hybridized carbons (Fsp3) is 0.143. The summed E-state index contributed by atoms with van der Waals surface area (Å²) in [4.78, 5) is 38.6. The second kappa shape index (κ2) is 6.81. The van der Waals surface area contributed by atoms with Crippen LogP contribution in [0.15, 0.2) is 35.8 Å². The Balaban J connectivity index is 2.13. The molecule has 2 rings (SSSR count). The van der Waals surface area contributed by atoms with Crippen molar-refractivity contribution in [2.75, 3.05) is 0 Å². The monoisotopic (exact) mass is 319 g/mol. The van der Waals surface area contributed by atoms with E-state index in [1.807, 2.05) is 0 Å². The van der Waals surface area contributed by atoms with Crippen LogP contribution in [0.2, 0.25) is 0 Å². The molecule has 8 heteroatoms. The first-order chi connectivity index (χ1) is 10.5. The summed E-state index contributed by atoms with van der Waals surface area (Å²) in [5.74, 6) is -2.17. The van der Waals surface area contributed by atoms with Crippen LogP contribution in [-0.4, -0.2) is 27.9 Å². The van der Waals surface area contributed by atoms with Crippen molar-refractivity contribution in [2.45, 2.75) is 12.5 Å². The number of primary amides is 1. The molecule has 0 aromatic carbocycles. The Morgan fingerprint density at radius 2 is 2.09 bits per heavy atom. The van der Waals surface area contributed by atoms with E-state index in [1.54, 1.807) is 17.5 Å². The summed E-state index contributed by atoms with van der Waals surface area (Å²) in [7, 11) is 0. The van der Waals surface area contributed by atoms with Crippen molar-refractivity contribution < 1.29 is 19.5 Å². The molecule has 0 spiro atoms. The number of nitrogens with zero attached hydrogens (tertiary/aromatic N) is 1. The predicted octanol–water partition coefficient (Wildman–Crippen LogP) is 1.19. The number of nitrogens with two attached hydrogens (primary N) is 1. The second-order valence-electron chi connectivity index (χ2n) is 4.44. The van der Waals surface area contributed by atoms with Crippen molar-refractivity contribution in [1.29, 1.82) is 0 Å². The van der Waals surface area contributed by atoms with E-state index in [4.69, 9.17) is 10.8 Å². The topological polar surface area (TPSA) is 122 Å². The van der Waals surface area contributed by atoms with Gasteiger partial charge in [0.15, 0.2) is 0 Å². The van der Waals surface area contributed by atoms with Crippen molar-refractivity contribution in [3.05, 3.63) is 52.0 Å². The molecule has 0 aliphatic rings. The molecule has 0 aliphatic carbocycles. The van der Waals surface area contributed by atoms with Gasteiger partial charge in [-0.15, -0.1) is 11.3 Å². The van der Waals surface area contributed by atoms with Gasteiger partial charge in [0.1, 0.15) is 5.69 Å². The van der Waals surface area contributed by atoms with Gasteiger partial charge in [-0.05, 0) is 23.6 Å². The number of hydrogen-bond donors (Lipinski definition) is 3. The zero-order chi connectivity index (χ0) is 16.1. The van der Waals surface area contributed by atoms with Gasteiger partial charge in [0.2, 0.25) is 5.91 Å². The van der Waals surface area contributed by atoms with Crippen LogP contribution in [0.4, 0.5) is 0 Å². The van der Waals surface area contributed by atoms with E-state index >= 15 is 0 Å². The summed E-state index contributed by atoms with van der Waals surface area (Å²) in [5, 5.41) is 13.4. The fourth-order valence-electron chi connectivity index (χ4n) is 1.79. The minimum absolute atomic E-state index is 0.0805. The lowest BCUT2D eigenvalue weighted by molar-refractivity contribution is -0.137. The number of carboxylic acids is 1. The molecule has 2 aromatic heterocycles. The first-order valence-electron chi connectivity index (χ1n) is 6.29. The number of carbonyl (C=O) groups is 3. The number of carboxylic acid groups (broad SMARTS) is 1. The minimum atomic E-state index is -1.02. The zero-order valence-corrected chi connectivity index (χ0v) is 12.2. The number of rotatable bonds is 6. The van der Waals surface area contributed by atoms with Crippen LogP contribution in [-0.2, 0) is 4.79 Å². The van der Waals surface area contributed by atoms with Gasteiger partial charge in [0, 0.05) is 11.1 Å². The van der Waals surface area contributed by atoms with E-state index in [2.05, 4.69) is 10.3 Å². The van der Waals surface area contributed by atoms with Gasteiger partial charge in [-0.3, -0.25) is 19.4 Å². The molecule has 114 valence electrons. The SMILES string of the molecule is NC(=O)c1ccc(C(=O)NC(CC(=O)O)c2cccs2)nc1. The number of carbonyl (C=O) groups excluding carboxylic acids is 2. The molecular weight excluding hydrogens is 306 g/mol. The molecule has 4 N–H and O–H groups in total. The average Bonchev–Trinajstić information content (AvgIpc) is 3.00. The molecule has 1 atom stereocenters. The van der Waals surface area contributed by atoms with Crippen molar-refractivity contribution >= 4 is 29.1 Å². The van der Waals surface area contributed by atoms with Crippen LogP contribution < -0.4 is 11.1 Å². The highest BCUT2D eigenvalue weighted by molar-refractivity contribution is 7.10. The van der Waals surface area contributed by atoms with Gasteiger partial charge in [-0.25, -0.2) is 0 Å². The van der Waals surface area contributed by atoms with E-state index in [1.165, 1.54) is 29.7 Å². The molecule has 0 aliphatic heterocycles. The van der Waals surface area contributed by atoms with Gasteiger partial charge in [0.05, 0.1) is 18.0 Å². The zero-order valence-electron chi connectivity index (χ0n) is 11.4. The molecule has 7 nitrogen and oxygen atoms in total. The number of pyridine rings is 1. The highest BCUT2D eigenvalue weighted by atomic mass is 32.1. The normalized spacial score (nSPS) is 11.6. The number of hydrogen-bond acceptors (Lipinski definition) is 5. The Morgan fingerprint density at radius 3 is 2.59 bits per heavy atom. The Hall–Kier alpha value is -2.74. The summed E-state index contributed by atoms with van der Waals surface area (Å²) in [6.45, 7) is 0. The maximum Gasteiger partial charge on any atom is 0.305 e. The highest BCUT2D eigenvalue weighted by Crippen LogP contribution is 2.22. The lowest BCUT2D eigenvalue weighted by Crippen LogP contribution is -2.30. The molecule has 0 radical (unpaired) electrons. The molecule has 0 saturated carbocycles. The van der Waals surface area contributed by atoms with Crippen molar-refractivity contribution in [3.8, 4) is 0 Å². The summed E-state index contributed by atoms with van der Waals surface area (Å²) in [6, 6.07) is 5.65.